The zero-order valence-electron chi connectivity index (χ0n) is 10.6. The summed E-state index contributed by atoms with van der Waals surface area (Å²) in [6, 6.07) is 7.96. The second-order valence-electron chi connectivity index (χ2n) is 4.14. The average Bonchev–Trinajstić information content (AvgIpc) is 2.43. The highest BCUT2D eigenvalue weighted by Crippen LogP contribution is 2.28. The van der Waals surface area contributed by atoms with E-state index in [0.29, 0.717) is 0 Å². The van der Waals surface area contributed by atoms with Crippen molar-refractivity contribution < 1.29 is 4.74 Å². The normalized spacial score (nSPS) is 10.6. The van der Waals surface area contributed by atoms with Crippen molar-refractivity contribution in [3.8, 4) is 5.75 Å². The summed E-state index contributed by atoms with van der Waals surface area (Å²) >= 11 is 0. The smallest absolute Gasteiger partial charge is 0.133 e. The Labute approximate surface area is 107 Å². The van der Waals surface area contributed by atoms with Gasteiger partial charge in [-0.25, -0.2) is 4.98 Å². The van der Waals surface area contributed by atoms with Gasteiger partial charge in [-0.1, -0.05) is 12.1 Å². The number of pyridine rings is 1. The molecule has 0 saturated carbocycles. The second-order valence-corrected chi connectivity index (χ2v) is 4.14. The molecule has 0 spiro atoms. The Hall–Kier alpha value is -1.81. The van der Waals surface area contributed by atoms with Crippen LogP contribution in [0.2, 0.25) is 0 Å². The highest BCUT2D eigenvalue weighted by molar-refractivity contribution is 5.95. The number of unbranched alkanes of at least 4 members (excludes halogenated alkanes) is 1. The minimum absolute atomic E-state index is 0.735. The van der Waals surface area contributed by atoms with Crippen molar-refractivity contribution in [1.29, 1.82) is 0 Å². The van der Waals surface area contributed by atoms with Gasteiger partial charge < -0.3 is 15.8 Å². The van der Waals surface area contributed by atoms with E-state index in [1.807, 2.05) is 18.2 Å². The van der Waals surface area contributed by atoms with Crippen LogP contribution in [0.4, 0.5) is 5.82 Å². The first-order valence-corrected chi connectivity index (χ1v) is 6.22. The minimum Gasteiger partial charge on any atom is -0.496 e. The molecular formula is C14H19N3O. The Kier molecular flexibility index (Phi) is 4.36. The molecule has 1 aromatic heterocycles. The van der Waals surface area contributed by atoms with Crippen molar-refractivity contribution >= 4 is 16.6 Å². The summed E-state index contributed by atoms with van der Waals surface area (Å²) in [5, 5.41) is 5.52. The highest BCUT2D eigenvalue weighted by Gasteiger charge is 2.05. The predicted molar refractivity (Wildman–Crippen MR) is 75.1 cm³/mol. The molecule has 3 N–H and O–H groups in total. The zero-order chi connectivity index (χ0) is 12.8. The van der Waals surface area contributed by atoms with E-state index in [9.17, 15) is 0 Å². The molecule has 2 aromatic rings. The van der Waals surface area contributed by atoms with Crippen molar-refractivity contribution in [3.05, 3.63) is 30.5 Å². The molecule has 1 heterocycles. The molecule has 0 aliphatic rings. The summed E-state index contributed by atoms with van der Waals surface area (Å²) in [6.07, 6.45) is 3.88. The SMILES string of the molecule is COc1cccc2c(NCCCCN)nccc12. The van der Waals surface area contributed by atoms with Gasteiger partial charge in [0.15, 0.2) is 0 Å². The number of nitrogens with two attached hydrogens (primary N) is 1. The molecule has 0 atom stereocenters. The van der Waals surface area contributed by atoms with E-state index in [-0.39, 0.29) is 0 Å². The molecule has 2 rings (SSSR count). The van der Waals surface area contributed by atoms with Crippen LogP contribution in [0.5, 0.6) is 5.75 Å². The van der Waals surface area contributed by atoms with Gasteiger partial charge in [0.2, 0.25) is 0 Å². The van der Waals surface area contributed by atoms with E-state index in [2.05, 4.69) is 16.4 Å². The number of nitrogens with zero attached hydrogens (tertiary/aromatic N) is 1. The Morgan fingerprint density at radius 1 is 1.22 bits per heavy atom. The standard InChI is InChI=1S/C14H19N3O/c1-18-13-6-4-5-12-11(13)7-10-17-14(12)16-9-3-2-8-15/h4-7,10H,2-3,8-9,15H2,1H3,(H,16,17). The van der Waals surface area contributed by atoms with Crippen molar-refractivity contribution in [2.75, 3.05) is 25.5 Å². The number of hydrogen-bond acceptors (Lipinski definition) is 4. The quantitative estimate of drug-likeness (QED) is 0.767. The van der Waals surface area contributed by atoms with E-state index < -0.39 is 0 Å². The third-order valence-corrected chi connectivity index (χ3v) is 2.91. The fraction of sp³-hybridized carbons (Fsp3) is 0.357. The Morgan fingerprint density at radius 2 is 2.11 bits per heavy atom. The van der Waals surface area contributed by atoms with Crippen LogP contribution < -0.4 is 15.8 Å². The van der Waals surface area contributed by atoms with Crippen LogP contribution in [0.3, 0.4) is 0 Å². The van der Waals surface area contributed by atoms with Crippen molar-refractivity contribution in [2.24, 2.45) is 5.73 Å². The lowest BCUT2D eigenvalue weighted by atomic mass is 10.1. The number of fused-ring (bicyclic) bond motifs is 1. The molecule has 4 heteroatoms. The topological polar surface area (TPSA) is 60.2 Å². The molecule has 0 aliphatic heterocycles. The average molecular weight is 245 g/mol. The summed E-state index contributed by atoms with van der Waals surface area (Å²) < 4.78 is 5.35. The maximum atomic E-state index is 5.48. The van der Waals surface area contributed by atoms with Gasteiger partial charge in [0.05, 0.1) is 7.11 Å². The van der Waals surface area contributed by atoms with Crippen LogP contribution in [-0.4, -0.2) is 25.2 Å². The summed E-state index contributed by atoms with van der Waals surface area (Å²) in [5.41, 5.74) is 5.48. The predicted octanol–water partition coefficient (Wildman–Crippen LogP) is 2.39. The molecule has 96 valence electrons. The van der Waals surface area contributed by atoms with E-state index in [0.717, 1.165) is 48.3 Å². The molecule has 0 radical (unpaired) electrons. The minimum atomic E-state index is 0.735. The van der Waals surface area contributed by atoms with Crippen LogP contribution in [-0.2, 0) is 0 Å². The van der Waals surface area contributed by atoms with Gasteiger partial charge in [0.25, 0.3) is 0 Å². The molecule has 0 bridgehead atoms. The fourth-order valence-electron chi connectivity index (χ4n) is 1.97. The van der Waals surface area contributed by atoms with Gasteiger partial charge in [0, 0.05) is 23.5 Å². The van der Waals surface area contributed by atoms with Crippen LogP contribution in [0, 0.1) is 0 Å². The number of ether oxygens (including phenoxy) is 1. The lowest BCUT2D eigenvalue weighted by Crippen LogP contribution is -2.07. The fourth-order valence-corrected chi connectivity index (χ4v) is 1.97. The number of rotatable bonds is 6. The highest BCUT2D eigenvalue weighted by atomic mass is 16.5. The molecule has 18 heavy (non-hydrogen) atoms. The van der Waals surface area contributed by atoms with Crippen LogP contribution in [0.25, 0.3) is 10.8 Å². The number of aromatic nitrogens is 1. The van der Waals surface area contributed by atoms with E-state index >= 15 is 0 Å². The van der Waals surface area contributed by atoms with Crippen LogP contribution >= 0.6 is 0 Å². The van der Waals surface area contributed by atoms with Gasteiger partial charge in [-0.2, -0.15) is 0 Å². The molecular weight excluding hydrogens is 226 g/mol. The third kappa shape index (κ3) is 2.71. The number of nitrogens with one attached hydrogen (secondary N) is 1. The summed E-state index contributed by atoms with van der Waals surface area (Å²) in [7, 11) is 1.68. The van der Waals surface area contributed by atoms with Crippen molar-refractivity contribution in [1.82, 2.24) is 4.98 Å². The van der Waals surface area contributed by atoms with Gasteiger partial charge in [-0.3, -0.25) is 0 Å². The number of hydrogen-bond donors (Lipinski definition) is 2. The molecule has 0 unspecified atom stereocenters. The Morgan fingerprint density at radius 3 is 2.89 bits per heavy atom. The van der Waals surface area contributed by atoms with Gasteiger partial charge >= 0.3 is 0 Å². The van der Waals surface area contributed by atoms with E-state index in [1.54, 1.807) is 13.3 Å². The molecule has 4 nitrogen and oxygen atoms in total. The van der Waals surface area contributed by atoms with E-state index in [4.69, 9.17) is 10.5 Å². The molecule has 0 aliphatic carbocycles. The first-order valence-electron chi connectivity index (χ1n) is 6.22. The van der Waals surface area contributed by atoms with Crippen LogP contribution in [0.1, 0.15) is 12.8 Å². The molecule has 0 saturated heterocycles. The largest absolute Gasteiger partial charge is 0.496 e. The number of benzene rings is 1. The maximum absolute atomic E-state index is 5.48. The summed E-state index contributed by atoms with van der Waals surface area (Å²) in [5.74, 6) is 1.78. The monoisotopic (exact) mass is 245 g/mol. The second kappa shape index (κ2) is 6.21. The molecule has 0 amide bonds. The lowest BCUT2D eigenvalue weighted by Gasteiger charge is -2.10. The first-order chi connectivity index (χ1) is 8.86. The number of methoxy groups -OCH3 is 1. The zero-order valence-corrected chi connectivity index (χ0v) is 10.6. The molecule has 1 aromatic carbocycles. The summed E-state index contributed by atoms with van der Waals surface area (Å²) in [6.45, 7) is 1.62. The Bertz CT molecular complexity index is 513. The summed E-state index contributed by atoms with van der Waals surface area (Å²) in [4.78, 5) is 4.38. The van der Waals surface area contributed by atoms with Gasteiger partial charge in [0.1, 0.15) is 11.6 Å². The van der Waals surface area contributed by atoms with Crippen molar-refractivity contribution in [2.45, 2.75) is 12.8 Å². The van der Waals surface area contributed by atoms with E-state index in [1.165, 1.54) is 0 Å². The first kappa shape index (κ1) is 12.6. The van der Waals surface area contributed by atoms with Crippen molar-refractivity contribution in [3.63, 3.8) is 0 Å². The lowest BCUT2D eigenvalue weighted by molar-refractivity contribution is 0.420. The van der Waals surface area contributed by atoms with Gasteiger partial charge in [-0.05, 0) is 31.5 Å². The molecule has 0 fully saturated rings. The van der Waals surface area contributed by atoms with Crippen LogP contribution in [0.15, 0.2) is 30.5 Å². The maximum Gasteiger partial charge on any atom is 0.133 e. The number of anilines is 1. The third-order valence-electron chi connectivity index (χ3n) is 2.91. The Balaban J connectivity index is 2.23. The van der Waals surface area contributed by atoms with Gasteiger partial charge in [-0.15, -0.1) is 0 Å².